The first-order chi connectivity index (χ1) is 26.4. The van der Waals surface area contributed by atoms with E-state index in [-0.39, 0.29) is 28.7 Å². The molecule has 6 aromatic carbocycles. The van der Waals surface area contributed by atoms with Crippen molar-refractivity contribution in [1.29, 1.82) is 0 Å². The number of fused-ring (bicyclic) bond motifs is 10. The van der Waals surface area contributed by atoms with Crippen LogP contribution in [0.3, 0.4) is 0 Å². The van der Waals surface area contributed by atoms with Crippen molar-refractivity contribution < 1.29 is 13.7 Å². The molecule has 45 heavy (non-hydrogen) atoms. The number of aromatic nitrogens is 5. The van der Waals surface area contributed by atoms with Gasteiger partial charge in [0.25, 0.3) is 0 Å². The topological polar surface area (TPSA) is 59.4 Å². The molecule has 0 spiro atoms. The lowest BCUT2D eigenvalue weighted by atomic mass is 10.1. The lowest BCUT2D eigenvalue weighted by Gasteiger charge is -2.10. The monoisotopic (exact) mass is 603 g/mol. The van der Waals surface area contributed by atoms with Crippen LogP contribution < -0.4 is 0 Å². The van der Waals surface area contributed by atoms with Crippen LogP contribution >= 0.6 is 11.3 Å². The van der Waals surface area contributed by atoms with Crippen LogP contribution in [0.5, 0.6) is 0 Å². The third kappa shape index (κ3) is 3.63. The van der Waals surface area contributed by atoms with Crippen LogP contribution in [0, 0.1) is 0 Å². The summed E-state index contributed by atoms with van der Waals surface area (Å²) in [7, 11) is 0. The molecule has 0 aliphatic rings. The zero-order valence-electron chi connectivity index (χ0n) is 33.1. The number of nitrogens with one attached hydrogen (secondary N) is 1. The second-order valence-corrected chi connectivity index (χ2v) is 11.7. The largest absolute Gasteiger partial charge is 0.353 e. The number of H-pyrrole nitrogens is 1. The summed E-state index contributed by atoms with van der Waals surface area (Å²) in [5.74, 6) is -0.680. The van der Waals surface area contributed by atoms with Crippen LogP contribution in [0.15, 0.2) is 133 Å². The van der Waals surface area contributed by atoms with Gasteiger partial charge in [-0.2, -0.15) is 9.97 Å². The minimum absolute atomic E-state index is 0.0386. The van der Waals surface area contributed by atoms with Crippen molar-refractivity contribution in [2.45, 2.75) is 0 Å². The molecule has 0 saturated heterocycles. The van der Waals surface area contributed by atoms with Crippen LogP contribution in [0.4, 0.5) is 0 Å². The summed E-state index contributed by atoms with van der Waals surface area (Å²) in [6, 6.07) is 18.4. The Hall–Kier alpha value is -5.85. The molecule has 0 aliphatic carbocycles. The molecule has 0 saturated carbocycles. The fourth-order valence-electron chi connectivity index (χ4n) is 6.24. The van der Waals surface area contributed by atoms with Crippen molar-refractivity contribution in [3.8, 4) is 28.7 Å². The first kappa shape index (κ1) is 16.9. The molecule has 5 nitrogen and oxygen atoms in total. The van der Waals surface area contributed by atoms with E-state index in [1.807, 2.05) is 42.5 Å². The van der Waals surface area contributed by atoms with Gasteiger partial charge in [-0.1, -0.05) is 109 Å². The highest BCUT2D eigenvalue weighted by atomic mass is 32.1. The highest BCUT2D eigenvalue weighted by molar-refractivity contribution is 7.26. The van der Waals surface area contributed by atoms with Gasteiger partial charge in [0.05, 0.1) is 35.0 Å². The van der Waals surface area contributed by atoms with Crippen molar-refractivity contribution in [2.24, 2.45) is 0 Å². The van der Waals surface area contributed by atoms with Gasteiger partial charge in [-0.05, 0) is 24.3 Å². The molecule has 0 amide bonds. The number of hydrogen-bond acceptors (Lipinski definition) is 4. The molecule has 10 aromatic rings. The SMILES string of the molecule is [2H]c1c([2H])c([2H])c(-c2nc(-c3c([2H])c([2H])c([2H])c([2H])c3[2H])nc(-n3c4ccccc4c4cc5c(cc43)sc3c5ccc4c5ccccc5[nH]c43)n2)c([2H])c1[2H]. The fourth-order valence-corrected chi connectivity index (χ4v) is 7.46. The number of aromatic amines is 1. The Balaban J connectivity index is 1.32. The highest BCUT2D eigenvalue weighted by Crippen LogP contribution is 2.43. The lowest BCUT2D eigenvalue weighted by molar-refractivity contribution is 0.954. The summed E-state index contributed by atoms with van der Waals surface area (Å²) in [5, 5.41) is 6.13. The molecule has 4 heterocycles. The van der Waals surface area contributed by atoms with E-state index in [1.54, 1.807) is 15.9 Å². The van der Waals surface area contributed by atoms with Crippen molar-refractivity contribution in [1.82, 2.24) is 24.5 Å². The molecule has 0 unspecified atom stereocenters. The van der Waals surface area contributed by atoms with Gasteiger partial charge < -0.3 is 4.98 Å². The summed E-state index contributed by atoms with van der Waals surface area (Å²) in [5.41, 5.74) is 2.82. The van der Waals surface area contributed by atoms with Gasteiger partial charge in [0.2, 0.25) is 5.95 Å². The molecule has 10 rings (SSSR count). The third-order valence-corrected chi connectivity index (χ3v) is 9.37. The number of rotatable bonds is 3. The van der Waals surface area contributed by atoms with Gasteiger partial charge in [0.1, 0.15) is 0 Å². The van der Waals surface area contributed by atoms with E-state index in [2.05, 4.69) is 40.3 Å². The maximum absolute atomic E-state index is 8.73. The Labute approximate surface area is 275 Å². The van der Waals surface area contributed by atoms with Crippen LogP contribution in [0.1, 0.15) is 13.7 Å². The molecule has 1 N–H and O–H groups in total. The number of benzene rings is 6. The second kappa shape index (κ2) is 9.32. The zero-order chi connectivity index (χ0) is 38.2. The maximum atomic E-state index is 8.73. The lowest BCUT2D eigenvalue weighted by Crippen LogP contribution is -2.06. The second-order valence-electron chi connectivity index (χ2n) is 10.6. The number of nitrogens with zero attached hydrogens (tertiary/aromatic N) is 4. The summed E-state index contributed by atoms with van der Waals surface area (Å²) in [4.78, 5) is 17.5. The number of hydrogen-bond donors (Lipinski definition) is 1. The van der Waals surface area contributed by atoms with Gasteiger partial charge in [0, 0.05) is 53.7 Å². The number of para-hydroxylation sites is 2. The van der Waals surface area contributed by atoms with Gasteiger partial charge in [-0.15, -0.1) is 11.3 Å². The van der Waals surface area contributed by atoms with E-state index in [4.69, 9.17) is 23.7 Å². The first-order valence-corrected chi connectivity index (χ1v) is 15.0. The molecule has 4 aromatic heterocycles. The number of thiophene rings is 1. The summed E-state index contributed by atoms with van der Waals surface area (Å²) < 4.78 is 88.5. The van der Waals surface area contributed by atoms with Crippen LogP contribution in [0.2, 0.25) is 0 Å². The highest BCUT2D eigenvalue weighted by Gasteiger charge is 2.20. The molecule has 0 bridgehead atoms. The summed E-state index contributed by atoms with van der Waals surface area (Å²) in [6.45, 7) is 0. The Morgan fingerprint density at radius 1 is 0.578 bits per heavy atom. The minimum Gasteiger partial charge on any atom is -0.353 e. The molecule has 0 radical (unpaired) electrons. The van der Waals surface area contributed by atoms with Crippen molar-refractivity contribution in [3.63, 3.8) is 0 Å². The molecular weight excluding hydrogens is 571 g/mol. The Bertz CT molecular complexity index is 3210. The molecule has 0 atom stereocenters. The van der Waals surface area contributed by atoms with Gasteiger partial charge >= 0.3 is 0 Å². The standard InChI is InChI=1S/C39H23N5S/c1-3-11-23(12-4-1)37-41-38(24-13-5-2-6-14-24)43-39(42-37)44-32-18-10-8-16-26(32)29-21-30-28-20-19-27-25-15-7-9-17-31(25)40-35(27)36(28)45-34(30)22-33(29)44/h1-22,40H/i1D,2D,3D,4D,5D,6D,11D,12D,13D,14D. The van der Waals surface area contributed by atoms with Crippen molar-refractivity contribution in [3.05, 3.63) is 133 Å². The van der Waals surface area contributed by atoms with E-state index in [0.717, 1.165) is 52.8 Å². The Morgan fingerprint density at radius 2 is 1.24 bits per heavy atom. The Kier molecular flexibility index (Phi) is 3.49. The van der Waals surface area contributed by atoms with Crippen LogP contribution in [-0.2, 0) is 0 Å². The van der Waals surface area contributed by atoms with E-state index in [1.165, 1.54) is 0 Å². The molecule has 0 fully saturated rings. The fraction of sp³-hybridized carbons (Fsp3) is 0. The predicted molar refractivity (Wildman–Crippen MR) is 187 cm³/mol. The summed E-state index contributed by atoms with van der Waals surface area (Å²) in [6.07, 6.45) is 0. The average Bonchev–Trinajstić information content (AvgIpc) is 3.86. The van der Waals surface area contributed by atoms with Crippen molar-refractivity contribution in [2.75, 3.05) is 0 Å². The average molecular weight is 604 g/mol. The van der Waals surface area contributed by atoms with Crippen LogP contribution in [0.25, 0.3) is 92.5 Å². The molecule has 210 valence electrons. The van der Waals surface area contributed by atoms with Gasteiger partial charge in [-0.3, -0.25) is 4.57 Å². The molecule has 6 heteroatoms. The molecular formula is C39H23N5S. The normalized spacial score (nSPS) is 15.1. The zero-order valence-corrected chi connectivity index (χ0v) is 23.9. The van der Waals surface area contributed by atoms with E-state index in [0.29, 0.717) is 11.0 Å². The van der Waals surface area contributed by atoms with Gasteiger partial charge in [-0.25, -0.2) is 4.98 Å². The maximum Gasteiger partial charge on any atom is 0.238 e. The van der Waals surface area contributed by atoms with Crippen molar-refractivity contribution >= 4 is 75.1 Å². The minimum atomic E-state index is -0.601. The smallest absolute Gasteiger partial charge is 0.238 e. The van der Waals surface area contributed by atoms with E-state index in [9.17, 15) is 0 Å². The van der Waals surface area contributed by atoms with Crippen LogP contribution in [-0.4, -0.2) is 24.5 Å². The van der Waals surface area contributed by atoms with E-state index < -0.39 is 60.4 Å². The van der Waals surface area contributed by atoms with Gasteiger partial charge in [0.15, 0.2) is 11.6 Å². The first-order valence-electron chi connectivity index (χ1n) is 19.1. The third-order valence-electron chi connectivity index (χ3n) is 8.18. The molecule has 0 aliphatic heterocycles. The summed E-state index contributed by atoms with van der Waals surface area (Å²) >= 11 is 1.64. The quantitative estimate of drug-likeness (QED) is 0.219. The Morgan fingerprint density at radius 3 is 2.00 bits per heavy atom. The van der Waals surface area contributed by atoms with E-state index >= 15 is 0 Å². The predicted octanol–water partition coefficient (Wildman–Crippen LogP) is 10.3.